The van der Waals surface area contributed by atoms with Gasteiger partial charge in [-0.1, -0.05) is 15.9 Å². The number of rotatable bonds is 4. The van der Waals surface area contributed by atoms with Crippen LogP contribution in [0.15, 0.2) is 6.20 Å². The maximum atomic E-state index is 13.5. The zero-order chi connectivity index (χ0) is 12.3. The van der Waals surface area contributed by atoms with Crippen molar-refractivity contribution in [1.29, 1.82) is 0 Å². The first-order valence-electron chi connectivity index (χ1n) is 4.19. The predicted octanol–water partition coefficient (Wildman–Crippen LogP) is 2.68. The molecule has 0 radical (unpaired) electrons. The number of carboxylic acids is 1. The van der Waals surface area contributed by atoms with Crippen LogP contribution in [0.25, 0.3) is 0 Å². The normalized spacial score (nSPS) is 10.8. The topological polar surface area (TPSA) is 50.2 Å². The Balaban J connectivity index is 3.28. The van der Waals surface area contributed by atoms with Crippen LogP contribution in [0.3, 0.4) is 0 Å². The maximum Gasteiger partial charge on any atom is 0.307 e. The number of carbonyl (C=O) groups is 1. The van der Waals surface area contributed by atoms with Crippen LogP contribution in [0, 0.1) is 5.82 Å². The van der Waals surface area contributed by atoms with Crippen molar-refractivity contribution >= 4 is 21.9 Å². The van der Waals surface area contributed by atoms with Gasteiger partial charge in [-0.25, -0.2) is 13.2 Å². The number of pyridine rings is 1. The van der Waals surface area contributed by atoms with Gasteiger partial charge in [0.2, 0.25) is 0 Å². The van der Waals surface area contributed by atoms with Gasteiger partial charge in [-0.2, -0.15) is 0 Å². The number of alkyl halides is 3. The number of carboxylic acid groups (broad SMARTS) is 1. The summed E-state index contributed by atoms with van der Waals surface area (Å²) >= 11 is 2.98. The summed E-state index contributed by atoms with van der Waals surface area (Å²) in [5, 5.41) is 8.65. The first-order valence-corrected chi connectivity index (χ1v) is 5.31. The third kappa shape index (κ3) is 2.72. The number of aromatic nitrogens is 1. The lowest BCUT2D eigenvalue weighted by Crippen LogP contribution is -2.10. The van der Waals surface area contributed by atoms with Crippen LogP contribution >= 0.6 is 15.9 Å². The van der Waals surface area contributed by atoms with Crippen molar-refractivity contribution in [3.63, 3.8) is 0 Å². The lowest BCUT2D eigenvalue weighted by molar-refractivity contribution is -0.136. The quantitative estimate of drug-likeness (QED) is 0.869. The third-order valence-electron chi connectivity index (χ3n) is 1.92. The van der Waals surface area contributed by atoms with E-state index in [1.54, 1.807) is 0 Å². The first kappa shape index (κ1) is 13.0. The molecule has 7 heteroatoms. The van der Waals surface area contributed by atoms with E-state index >= 15 is 0 Å². The molecule has 16 heavy (non-hydrogen) atoms. The van der Waals surface area contributed by atoms with Crippen molar-refractivity contribution in [3.8, 4) is 0 Å². The van der Waals surface area contributed by atoms with E-state index in [2.05, 4.69) is 20.9 Å². The minimum atomic E-state index is -3.01. The van der Waals surface area contributed by atoms with Crippen molar-refractivity contribution in [2.24, 2.45) is 0 Å². The molecule has 0 aliphatic rings. The van der Waals surface area contributed by atoms with Gasteiger partial charge in [0.1, 0.15) is 5.82 Å². The van der Waals surface area contributed by atoms with E-state index in [0.717, 1.165) is 6.20 Å². The van der Waals surface area contributed by atoms with Crippen LogP contribution in [-0.2, 0) is 16.5 Å². The summed E-state index contributed by atoms with van der Waals surface area (Å²) in [6.07, 6.45) is -2.95. The molecule has 0 aliphatic heterocycles. The molecular weight excluding hydrogens is 291 g/mol. The molecule has 0 amide bonds. The largest absolute Gasteiger partial charge is 0.481 e. The van der Waals surface area contributed by atoms with Crippen molar-refractivity contribution in [3.05, 3.63) is 28.8 Å². The zero-order valence-electron chi connectivity index (χ0n) is 7.88. The summed E-state index contributed by atoms with van der Waals surface area (Å²) in [7, 11) is 0. The summed E-state index contributed by atoms with van der Waals surface area (Å²) in [5.41, 5.74) is -1.06. The van der Waals surface area contributed by atoms with Crippen LogP contribution in [0.4, 0.5) is 13.2 Å². The molecule has 0 spiro atoms. The van der Waals surface area contributed by atoms with Gasteiger partial charge in [0.15, 0.2) is 0 Å². The minimum Gasteiger partial charge on any atom is -0.481 e. The predicted molar refractivity (Wildman–Crippen MR) is 53.1 cm³/mol. The fourth-order valence-corrected chi connectivity index (χ4v) is 1.66. The molecule has 0 fully saturated rings. The lowest BCUT2D eigenvalue weighted by atomic mass is 10.1. The van der Waals surface area contributed by atoms with E-state index in [-0.39, 0.29) is 16.6 Å². The Labute approximate surface area is 97.4 Å². The van der Waals surface area contributed by atoms with E-state index in [1.807, 2.05) is 0 Å². The second kappa shape index (κ2) is 5.29. The van der Waals surface area contributed by atoms with Crippen molar-refractivity contribution in [2.75, 3.05) is 0 Å². The SMILES string of the molecule is O=C(O)Cc1c(CBr)ncc(C(F)F)c1F. The molecule has 1 aromatic heterocycles. The van der Waals surface area contributed by atoms with E-state index < -0.39 is 30.2 Å². The van der Waals surface area contributed by atoms with Gasteiger partial charge in [0, 0.05) is 17.1 Å². The molecule has 1 rings (SSSR count). The summed E-state index contributed by atoms with van der Waals surface area (Å²) < 4.78 is 38.2. The molecule has 0 bridgehead atoms. The van der Waals surface area contributed by atoms with Crippen molar-refractivity contribution in [2.45, 2.75) is 18.2 Å². The van der Waals surface area contributed by atoms with Gasteiger partial charge in [-0.15, -0.1) is 0 Å². The molecule has 1 N–H and O–H groups in total. The average molecular weight is 298 g/mol. The van der Waals surface area contributed by atoms with Gasteiger partial charge in [0.25, 0.3) is 6.43 Å². The molecule has 0 saturated carbocycles. The Morgan fingerprint density at radius 3 is 2.62 bits per heavy atom. The standard InChI is InChI=1S/C9H7BrF3NO2/c10-2-6-4(1-7(15)16)8(11)5(3-14-6)9(12)13/h3,9H,1-2H2,(H,15,16). The highest BCUT2D eigenvalue weighted by Gasteiger charge is 2.21. The first-order chi connectivity index (χ1) is 7.47. The molecule has 88 valence electrons. The van der Waals surface area contributed by atoms with E-state index in [1.165, 1.54) is 0 Å². The number of halogens is 4. The fourth-order valence-electron chi connectivity index (χ4n) is 1.18. The number of nitrogens with zero attached hydrogens (tertiary/aromatic N) is 1. The third-order valence-corrected chi connectivity index (χ3v) is 2.45. The second-order valence-electron chi connectivity index (χ2n) is 2.96. The molecule has 0 saturated heterocycles. The molecule has 0 aliphatic carbocycles. The number of aliphatic carboxylic acids is 1. The molecule has 0 atom stereocenters. The number of hydrogen-bond acceptors (Lipinski definition) is 2. The smallest absolute Gasteiger partial charge is 0.307 e. The Morgan fingerprint density at radius 2 is 2.19 bits per heavy atom. The molecule has 0 unspecified atom stereocenters. The average Bonchev–Trinajstić information content (AvgIpc) is 2.19. The highest BCUT2D eigenvalue weighted by Crippen LogP contribution is 2.26. The van der Waals surface area contributed by atoms with E-state index in [0.29, 0.717) is 0 Å². The highest BCUT2D eigenvalue weighted by atomic mass is 79.9. The zero-order valence-corrected chi connectivity index (χ0v) is 9.47. The van der Waals surface area contributed by atoms with E-state index in [9.17, 15) is 18.0 Å². The van der Waals surface area contributed by atoms with Crippen LogP contribution in [0.2, 0.25) is 0 Å². The van der Waals surface area contributed by atoms with Crippen molar-refractivity contribution < 1.29 is 23.1 Å². The lowest BCUT2D eigenvalue weighted by Gasteiger charge is -2.09. The molecule has 3 nitrogen and oxygen atoms in total. The van der Waals surface area contributed by atoms with Crippen LogP contribution in [-0.4, -0.2) is 16.1 Å². The molecule has 1 aromatic rings. The summed E-state index contributed by atoms with van der Waals surface area (Å²) in [5.74, 6) is -2.49. The summed E-state index contributed by atoms with van der Waals surface area (Å²) in [4.78, 5) is 14.1. The Bertz CT molecular complexity index is 412. The van der Waals surface area contributed by atoms with E-state index in [4.69, 9.17) is 5.11 Å². The number of hydrogen-bond donors (Lipinski definition) is 1. The van der Waals surface area contributed by atoms with Gasteiger partial charge in [0.05, 0.1) is 17.7 Å². The minimum absolute atomic E-state index is 0.107. The second-order valence-corrected chi connectivity index (χ2v) is 3.52. The van der Waals surface area contributed by atoms with Gasteiger partial charge < -0.3 is 5.11 Å². The summed E-state index contributed by atoms with van der Waals surface area (Å²) in [6.45, 7) is 0. The van der Waals surface area contributed by atoms with Gasteiger partial charge in [-0.3, -0.25) is 9.78 Å². The molecule has 0 aromatic carbocycles. The highest BCUT2D eigenvalue weighted by molar-refractivity contribution is 9.08. The van der Waals surface area contributed by atoms with Gasteiger partial charge in [-0.05, 0) is 0 Å². The Morgan fingerprint density at radius 1 is 1.56 bits per heavy atom. The molecular formula is C9H7BrF3NO2. The van der Waals surface area contributed by atoms with Crippen LogP contribution in [0.5, 0.6) is 0 Å². The maximum absolute atomic E-state index is 13.5. The van der Waals surface area contributed by atoms with Crippen LogP contribution < -0.4 is 0 Å². The fraction of sp³-hybridized carbons (Fsp3) is 0.333. The van der Waals surface area contributed by atoms with Crippen molar-refractivity contribution in [1.82, 2.24) is 4.98 Å². The Kier molecular flexibility index (Phi) is 4.28. The monoisotopic (exact) mass is 297 g/mol. The van der Waals surface area contributed by atoms with Crippen LogP contribution in [0.1, 0.15) is 23.2 Å². The summed E-state index contributed by atoms with van der Waals surface area (Å²) in [6, 6.07) is 0. The molecule has 1 heterocycles. The van der Waals surface area contributed by atoms with Gasteiger partial charge >= 0.3 is 5.97 Å². The Hall–Kier alpha value is -1.11.